The quantitative estimate of drug-likeness (QED) is 0.448. The highest BCUT2D eigenvalue weighted by Gasteiger charge is 2.13. The zero-order chi connectivity index (χ0) is 13.0. The van der Waals surface area contributed by atoms with Gasteiger partial charge in [-0.15, -0.1) is 0 Å². The van der Waals surface area contributed by atoms with Crippen molar-refractivity contribution in [3.63, 3.8) is 0 Å². The SMILES string of the molecule is NNC(CCc1ccsc1)c1ccc(Cl)cc1N. The number of nitrogen functional groups attached to an aromatic ring is 1. The van der Waals surface area contributed by atoms with E-state index in [1.165, 1.54) is 5.56 Å². The Balaban J connectivity index is 2.08. The molecule has 18 heavy (non-hydrogen) atoms. The summed E-state index contributed by atoms with van der Waals surface area (Å²) in [6.45, 7) is 0. The van der Waals surface area contributed by atoms with E-state index in [2.05, 4.69) is 22.3 Å². The van der Waals surface area contributed by atoms with Gasteiger partial charge in [0.1, 0.15) is 0 Å². The maximum absolute atomic E-state index is 5.97. The molecule has 5 N–H and O–H groups in total. The highest BCUT2D eigenvalue weighted by Crippen LogP contribution is 2.26. The van der Waals surface area contributed by atoms with Gasteiger partial charge in [-0.05, 0) is 52.9 Å². The number of hydrogen-bond acceptors (Lipinski definition) is 4. The molecule has 0 fully saturated rings. The molecule has 1 heterocycles. The van der Waals surface area contributed by atoms with E-state index in [4.69, 9.17) is 23.2 Å². The number of hydrogen-bond donors (Lipinski definition) is 3. The second-order valence-electron chi connectivity index (χ2n) is 4.16. The lowest BCUT2D eigenvalue weighted by molar-refractivity contribution is 0.518. The third-order valence-electron chi connectivity index (χ3n) is 2.93. The number of rotatable bonds is 5. The van der Waals surface area contributed by atoms with Gasteiger partial charge in [0.25, 0.3) is 0 Å². The number of nitrogens with two attached hydrogens (primary N) is 2. The fraction of sp³-hybridized carbons (Fsp3) is 0.231. The van der Waals surface area contributed by atoms with Crippen molar-refractivity contribution in [2.24, 2.45) is 5.84 Å². The summed E-state index contributed by atoms with van der Waals surface area (Å²) in [7, 11) is 0. The first kappa shape index (κ1) is 13.4. The van der Waals surface area contributed by atoms with Crippen molar-refractivity contribution in [1.82, 2.24) is 5.43 Å². The standard InChI is InChI=1S/C13H16ClN3S/c14-10-2-3-11(12(15)7-10)13(17-16)4-1-9-5-6-18-8-9/h2-3,5-8,13,17H,1,4,15-16H2. The molecule has 1 aromatic heterocycles. The molecule has 3 nitrogen and oxygen atoms in total. The van der Waals surface area contributed by atoms with Gasteiger partial charge in [-0.2, -0.15) is 11.3 Å². The van der Waals surface area contributed by atoms with Gasteiger partial charge in [-0.1, -0.05) is 17.7 Å². The highest BCUT2D eigenvalue weighted by atomic mass is 35.5. The van der Waals surface area contributed by atoms with E-state index in [0.717, 1.165) is 18.4 Å². The minimum absolute atomic E-state index is 0.0437. The zero-order valence-electron chi connectivity index (χ0n) is 9.90. The lowest BCUT2D eigenvalue weighted by Crippen LogP contribution is -2.29. The monoisotopic (exact) mass is 281 g/mol. The average Bonchev–Trinajstić information content (AvgIpc) is 2.85. The molecular formula is C13H16ClN3S. The van der Waals surface area contributed by atoms with Crippen LogP contribution in [0.15, 0.2) is 35.0 Å². The molecule has 1 unspecified atom stereocenters. The van der Waals surface area contributed by atoms with E-state index in [1.807, 2.05) is 12.1 Å². The minimum atomic E-state index is 0.0437. The van der Waals surface area contributed by atoms with Crippen LogP contribution < -0.4 is 17.0 Å². The van der Waals surface area contributed by atoms with E-state index in [0.29, 0.717) is 10.7 Å². The van der Waals surface area contributed by atoms with Crippen molar-refractivity contribution >= 4 is 28.6 Å². The van der Waals surface area contributed by atoms with E-state index in [9.17, 15) is 0 Å². The van der Waals surface area contributed by atoms with Gasteiger partial charge in [0.15, 0.2) is 0 Å². The number of aryl methyl sites for hydroxylation is 1. The Morgan fingerprint density at radius 1 is 1.33 bits per heavy atom. The molecule has 5 heteroatoms. The Hall–Kier alpha value is -1.07. The van der Waals surface area contributed by atoms with Gasteiger partial charge in [-0.3, -0.25) is 11.3 Å². The molecule has 96 valence electrons. The summed E-state index contributed by atoms with van der Waals surface area (Å²) in [4.78, 5) is 0. The molecule has 2 rings (SSSR count). The summed E-state index contributed by atoms with van der Waals surface area (Å²) in [5.41, 5.74) is 11.8. The molecule has 2 aromatic rings. The number of benzene rings is 1. The van der Waals surface area contributed by atoms with Crippen molar-refractivity contribution in [3.8, 4) is 0 Å². The van der Waals surface area contributed by atoms with Gasteiger partial charge >= 0.3 is 0 Å². The summed E-state index contributed by atoms with van der Waals surface area (Å²) < 4.78 is 0. The number of hydrazine groups is 1. The van der Waals surface area contributed by atoms with E-state index in [-0.39, 0.29) is 6.04 Å². The summed E-state index contributed by atoms with van der Waals surface area (Å²) in [6, 6.07) is 7.69. The van der Waals surface area contributed by atoms with Crippen LogP contribution >= 0.6 is 22.9 Å². The van der Waals surface area contributed by atoms with Crippen LogP contribution in [0.25, 0.3) is 0 Å². The van der Waals surface area contributed by atoms with Gasteiger partial charge in [-0.25, -0.2) is 0 Å². The van der Waals surface area contributed by atoms with Crippen LogP contribution in [-0.2, 0) is 6.42 Å². The molecule has 0 aliphatic heterocycles. The van der Waals surface area contributed by atoms with Crippen LogP contribution in [0.1, 0.15) is 23.6 Å². The van der Waals surface area contributed by atoms with Crippen molar-refractivity contribution in [2.45, 2.75) is 18.9 Å². The summed E-state index contributed by atoms with van der Waals surface area (Å²) in [6.07, 6.45) is 1.87. The van der Waals surface area contributed by atoms with Gasteiger partial charge in [0.2, 0.25) is 0 Å². The second-order valence-corrected chi connectivity index (χ2v) is 5.38. The van der Waals surface area contributed by atoms with Crippen LogP contribution in [0.3, 0.4) is 0 Å². The molecule has 0 amide bonds. The average molecular weight is 282 g/mol. The normalized spacial score (nSPS) is 12.6. The number of thiophene rings is 1. The number of nitrogens with one attached hydrogen (secondary N) is 1. The molecular weight excluding hydrogens is 266 g/mol. The van der Waals surface area contributed by atoms with Crippen LogP contribution in [0.2, 0.25) is 5.02 Å². The lowest BCUT2D eigenvalue weighted by atomic mass is 9.99. The number of anilines is 1. The molecule has 0 saturated heterocycles. The largest absolute Gasteiger partial charge is 0.398 e. The van der Waals surface area contributed by atoms with Crippen LogP contribution in [0.5, 0.6) is 0 Å². The van der Waals surface area contributed by atoms with Gasteiger partial charge in [0, 0.05) is 16.8 Å². The van der Waals surface area contributed by atoms with Crippen molar-refractivity contribution in [3.05, 3.63) is 51.2 Å². The van der Waals surface area contributed by atoms with Crippen LogP contribution in [-0.4, -0.2) is 0 Å². The van der Waals surface area contributed by atoms with Crippen molar-refractivity contribution in [1.29, 1.82) is 0 Å². The predicted molar refractivity (Wildman–Crippen MR) is 78.6 cm³/mol. The molecule has 0 radical (unpaired) electrons. The van der Waals surface area contributed by atoms with E-state index < -0.39 is 0 Å². The predicted octanol–water partition coefficient (Wildman–Crippen LogP) is 3.12. The fourth-order valence-electron chi connectivity index (χ4n) is 1.94. The van der Waals surface area contributed by atoms with Crippen molar-refractivity contribution in [2.75, 3.05) is 5.73 Å². The van der Waals surface area contributed by atoms with Gasteiger partial charge < -0.3 is 5.73 Å². The second kappa shape index (κ2) is 6.20. The Kier molecular flexibility index (Phi) is 4.60. The molecule has 0 bridgehead atoms. The maximum atomic E-state index is 5.97. The Bertz CT molecular complexity index is 499. The summed E-state index contributed by atoms with van der Waals surface area (Å²) >= 11 is 7.60. The maximum Gasteiger partial charge on any atom is 0.0483 e. The zero-order valence-corrected chi connectivity index (χ0v) is 11.5. The number of halogens is 1. The molecule has 0 spiro atoms. The van der Waals surface area contributed by atoms with Crippen LogP contribution in [0.4, 0.5) is 5.69 Å². The topological polar surface area (TPSA) is 64.1 Å². The molecule has 0 saturated carbocycles. The summed E-state index contributed by atoms with van der Waals surface area (Å²) in [5, 5.41) is 4.88. The fourth-order valence-corrected chi connectivity index (χ4v) is 2.82. The Labute approximate surface area is 116 Å². The van der Waals surface area contributed by atoms with Crippen molar-refractivity contribution < 1.29 is 0 Å². The third kappa shape index (κ3) is 3.23. The highest BCUT2D eigenvalue weighted by molar-refractivity contribution is 7.07. The first-order chi connectivity index (χ1) is 8.70. The molecule has 1 aromatic carbocycles. The van der Waals surface area contributed by atoms with Gasteiger partial charge in [0.05, 0.1) is 0 Å². The Morgan fingerprint density at radius 2 is 2.17 bits per heavy atom. The van der Waals surface area contributed by atoms with E-state index in [1.54, 1.807) is 17.4 Å². The Morgan fingerprint density at radius 3 is 2.78 bits per heavy atom. The molecule has 0 aliphatic carbocycles. The first-order valence-corrected chi connectivity index (χ1v) is 7.05. The van der Waals surface area contributed by atoms with E-state index >= 15 is 0 Å². The smallest absolute Gasteiger partial charge is 0.0483 e. The van der Waals surface area contributed by atoms with Crippen LogP contribution in [0, 0.1) is 0 Å². The molecule has 1 atom stereocenters. The molecule has 0 aliphatic rings. The first-order valence-electron chi connectivity index (χ1n) is 5.73. The third-order valence-corrected chi connectivity index (χ3v) is 3.89. The minimum Gasteiger partial charge on any atom is -0.398 e. The lowest BCUT2D eigenvalue weighted by Gasteiger charge is -2.18. The summed E-state index contributed by atoms with van der Waals surface area (Å²) in [5.74, 6) is 5.62.